The summed E-state index contributed by atoms with van der Waals surface area (Å²) in [5, 5.41) is 8.67. The van der Waals surface area contributed by atoms with E-state index in [9.17, 15) is 9.59 Å². The second kappa shape index (κ2) is 18.0. The molecular formula is C43H62N6O5. The average molecular weight is 743 g/mol. The lowest BCUT2D eigenvalue weighted by molar-refractivity contribution is -0.0280. The van der Waals surface area contributed by atoms with E-state index in [0.29, 0.717) is 29.4 Å². The van der Waals surface area contributed by atoms with Crippen LogP contribution in [0, 0.1) is 19.8 Å². The van der Waals surface area contributed by atoms with Gasteiger partial charge in [-0.05, 0) is 116 Å². The molecular weight excluding hydrogens is 681 g/mol. The molecule has 1 aromatic heterocycles. The number of benzene rings is 2. The lowest BCUT2D eigenvalue weighted by atomic mass is 9.80. The Kier molecular flexibility index (Phi) is 13.7. The maximum Gasteiger partial charge on any atom is 0.410 e. The second-order valence-corrected chi connectivity index (χ2v) is 16.5. The maximum atomic E-state index is 12.6. The summed E-state index contributed by atoms with van der Waals surface area (Å²) in [6.45, 7) is 22.0. The average Bonchev–Trinajstić information content (AvgIpc) is 3.13. The van der Waals surface area contributed by atoms with E-state index in [1.54, 1.807) is 21.0 Å². The highest BCUT2D eigenvalue weighted by Gasteiger charge is 2.42. The number of aromatic carboxylic acids is 1. The second-order valence-electron chi connectivity index (χ2n) is 16.5. The molecule has 3 aliphatic rings. The first-order chi connectivity index (χ1) is 25.7. The summed E-state index contributed by atoms with van der Waals surface area (Å²) in [5.41, 5.74) is 3.72. The molecule has 0 unspecified atom stereocenters. The van der Waals surface area contributed by atoms with Gasteiger partial charge < -0.3 is 19.5 Å². The topological polar surface area (TPSA) is 112 Å². The number of piperidine rings is 2. The van der Waals surface area contributed by atoms with Crippen molar-refractivity contribution in [1.82, 2.24) is 29.6 Å². The van der Waals surface area contributed by atoms with Gasteiger partial charge in [0.2, 0.25) is 0 Å². The van der Waals surface area contributed by atoms with Gasteiger partial charge in [-0.25, -0.2) is 19.6 Å². The van der Waals surface area contributed by atoms with Crippen LogP contribution in [0.2, 0.25) is 0 Å². The molecule has 4 heterocycles. The first-order valence-electron chi connectivity index (χ1n) is 19.6. The number of hydrogen-bond donors (Lipinski definition) is 1. The van der Waals surface area contributed by atoms with Crippen molar-refractivity contribution in [3.63, 3.8) is 0 Å². The Morgan fingerprint density at radius 3 is 2.04 bits per heavy atom. The third-order valence-corrected chi connectivity index (χ3v) is 11.5. The third-order valence-electron chi connectivity index (χ3n) is 11.5. The number of aromatic nitrogens is 2. The van der Waals surface area contributed by atoms with Crippen LogP contribution in [0.1, 0.15) is 99.2 Å². The van der Waals surface area contributed by atoms with E-state index in [2.05, 4.69) is 93.1 Å². The molecule has 294 valence electrons. The van der Waals surface area contributed by atoms with Gasteiger partial charge in [0.15, 0.2) is 0 Å². The first-order valence-corrected chi connectivity index (χ1v) is 19.6. The molecule has 3 saturated heterocycles. The molecule has 0 saturated carbocycles. The van der Waals surface area contributed by atoms with Crippen LogP contribution >= 0.6 is 0 Å². The zero-order chi connectivity index (χ0) is 39.0. The van der Waals surface area contributed by atoms with Crippen LogP contribution in [0.4, 0.5) is 4.79 Å². The monoisotopic (exact) mass is 742 g/mol. The van der Waals surface area contributed by atoms with Gasteiger partial charge in [-0.1, -0.05) is 42.5 Å². The van der Waals surface area contributed by atoms with Gasteiger partial charge in [-0.3, -0.25) is 14.7 Å². The van der Waals surface area contributed by atoms with Gasteiger partial charge >= 0.3 is 12.1 Å². The molecule has 3 fully saturated rings. The van der Waals surface area contributed by atoms with E-state index in [-0.39, 0.29) is 17.2 Å². The highest BCUT2D eigenvalue weighted by Crippen LogP contribution is 2.40. The largest absolute Gasteiger partial charge is 0.497 e. The first kappa shape index (κ1) is 41.1. The molecule has 3 aliphatic heterocycles. The summed E-state index contributed by atoms with van der Waals surface area (Å²) in [5.74, 6) is 0.583. The number of aryl methyl sites for hydroxylation is 2. The van der Waals surface area contributed by atoms with Crippen molar-refractivity contribution in [2.75, 3.05) is 52.9 Å². The van der Waals surface area contributed by atoms with Crippen LogP contribution in [0.3, 0.4) is 0 Å². The number of piperazine rings is 1. The quantitative estimate of drug-likeness (QED) is 0.254. The van der Waals surface area contributed by atoms with E-state index >= 15 is 0 Å². The number of rotatable bonds is 8. The van der Waals surface area contributed by atoms with Gasteiger partial charge in [-0.15, -0.1) is 0 Å². The van der Waals surface area contributed by atoms with E-state index in [1.807, 2.05) is 25.7 Å². The predicted molar refractivity (Wildman–Crippen MR) is 212 cm³/mol. The van der Waals surface area contributed by atoms with Crippen molar-refractivity contribution < 1.29 is 24.2 Å². The van der Waals surface area contributed by atoms with Crippen LogP contribution in [-0.4, -0.2) is 117 Å². The van der Waals surface area contributed by atoms with E-state index in [1.165, 1.54) is 30.3 Å². The van der Waals surface area contributed by atoms with Crippen LogP contribution < -0.4 is 4.74 Å². The molecule has 1 N–H and O–H groups in total. The Morgan fingerprint density at radius 1 is 0.907 bits per heavy atom. The summed E-state index contributed by atoms with van der Waals surface area (Å²) in [6, 6.07) is 20.7. The number of carboxylic acid groups (broad SMARTS) is 1. The standard InChI is InChI=1S/C36H54N4O3.C7H8N2O2/c1-28-26-37(27-29-12-14-32(42-6)15-13-29)24-25-40(28)33(30-10-8-7-9-11-30)31-16-20-39(21-17-31)36(5)18-22-38(23-19-36)34(41)43-35(2,3)4;1-4-6(7(10)11)5(2)9-3-8-4/h7-15,28,31,33H,16-27H2,1-6H3;3H,1-2H3,(H,10,11)/t28-,33+;/m0./s1. The summed E-state index contributed by atoms with van der Waals surface area (Å²) < 4.78 is 11.0. The Bertz CT molecular complexity index is 1640. The molecule has 0 spiro atoms. The molecule has 2 atom stereocenters. The lowest BCUT2D eigenvalue weighted by Crippen LogP contribution is -2.58. The highest BCUT2D eigenvalue weighted by atomic mass is 16.6. The highest BCUT2D eigenvalue weighted by molar-refractivity contribution is 5.89. The fourth-order valence-electron chi connectivity index (χ4n) is 8.45. The SMILES string of the molecule is COc1ccc(CN2CCN([C@H](c3ccccc3)C3CCN(C4(C)CCN(C(=O)OC(C)(C)C)CC4)CC3)[C@@H](C)C2)cc1.Cc1ncnc(C)c1C(=O)O. The number of hydrogen-bond acceptors (Lipinski definition) is 9. The van der Waals surface area contributed by atoms with Crippen molar-refractivity contribution in [1.29, 1.82) is 0 Å². The smallest absolute Gasteiger partial charge is 0.410 e. The minimum atomic E-state index is -0.972. The number of ether oxygens (including phenoxy) is 2. The van der Waals surface area contributed by atoms with Crippen LogP contribution in [0.5, 0.6) is 5.75 Å². The van der Waals surface area contributed by atoms with Crippen molar-refractivity contribution in [3.8, 4) is 5.75 Å². The summed E-state index contributed by atoms with van der Waals surface area (Å²) in [7, 11) is 1.72. The third kappa shape index (κ3) is 10.6. The molecule has 54 heavy (non-hydrogen) atoms. The molecule has 1 amide bonds. The van der Waals surface area contributed by atoms with E-state index < -0.39 is 11.6 Å². The lowest BCUT2D eigenvalue weighted by Gasteiger charge is -2.52. The molecule has 0 aliphatic carbocycles. The zero-order valence-corrected chi connectivity index (χ0v) is 33.8. The summed E-state index contributed by atoms with van der Waals surface area (Å²) in [6.07, 6.45) is 5.63. The number of amides is 1. The van der Waals surface area contributed by atoms with Crippen molar-refractivity contribution in [3.05, 3.63) is 89.0 Å². The van der Waals surface area contributed by atoms with Gasteiger partial charge in [0.05, 0.1) is 18.5 Å². The van der Waals surface area contributed by atoms with Crippen molar-refractivity contribution in [2.24, 2.45) is 5.92 Å². The predicted octanol–water partition coefficient (Wildman–Crippen LogP) is 7.24. The Labute approximate surface area is 322 Å². The number of carbonyl (C=O) groups is 2. The normalized spacial score (nSPS) is 20.7. The van der Waals surface area contributed by atoms with Gasteiger partial charge in [0, 0.05) is 56.9 Å². The number of carboxylic acids is 1. The Hall–Kier alpha value is -4.06. The van der Waals surface area contributed by atoms with Gasteiger partial charge in [0.1, 0.15) is 23.2 Å². The molecule has 0 radical (unpaired) electrons. The van der Waals surface area contributed by atoms with E-state index in [4.69, 9.17) is 14.6 Å². The van der Waals surface area contributed by atoms with E-state index in [0.717, 1.165) is 70.9 Å². The zero-order valence-electron chi connectivity index (χ0n) is 33.8. The van der Waals surface area contributed by atoms with Crippen LogP contribution in [-0.2, 0) is 11.3 Å². The maximum absolute atomic E-state index is 12.6. The van der Waals surface area contributed by atoms with Crippen LogP contribution in [0.15, 0.2) is 60.9 Å². The molecule has 0 bridgehead atoms. The number of methoxy groups -OCH3 is 1. The Balaban J connectivity index is 0.000000438. The summed E-state index contributed by atoms with van der Waals surface area (Å²) in [4.78, 5) is 40.8. The minimum absolute atomic E-state index is 0.145. The van der Waals surface area contributed by atoms with Crippen molar-refractivity contribution >= 4 is 12.1 Å². The molecule has 2 aromatic carbocycles. The van der Waals surface area contributed by atoms with Gasteiger partial charge in [0.25, 0.3) is 0 Å². The minimum Gasteiger partial charge on any atom is -0.497 e. The van der Waals surface area contributed by atoms with Crippen LogP contribution in [0.25, 0.3) is 0 Å². The summed E-state index contributed by atoms with van der Waals surface area (Å²) >= 11 is 0. The van der Waals surface area contributed by atoms with Crippen molar-refractivity contribution in [2.45, 2.75) is 104 Å². The number of carbonyl (C=O) groups excluding carboxylic acids is 1. The number of nitrogens with zero attached hydrogens (tertiary/aromatic N) is 6. The molecule has 11 heteroatoms. The fourth-order valence-corrected chi connectivity index (χ4v) is 8.45. The number of likely N-dealkylation sites (tertiary alicyclic amines) is 2. The van der Waals surface area contributed by atoms with Gasteiger partial charge in [-0.2, -0.15) is 0 Å². The fraction of sp³-hybridized carbons (Fsp3) is 0.581. The molecule has 6 rings (SSSR count). The molecule has 3 aromatic rings. The molecule has 11 nitrogen and oxygen atoms in total. The Morgan fingerprint density at radius 2 is 1.52 bits per heavy atom.